The van der Waals surface area contributed by atoms with Crippen LogP contribution in [-0.4, -0.2) is 139 Å². The average molecular weight is 1790 g/mol. The molecule has 1 aliphatic carbocycles. The van der Waals surface area contributed by atoms with E-state index in [0.29, 0.717) is 56.0 Å². The van der Waals surface area contributed by atoms with Gasteiger partial charge in [0, 0.05) is 34.7 Å². The second-order valence-corrected chi connectivity index (χ2v) is 44.0. The molecule has 0 saturated carbocycles. The van der Waals surface area contributed by atoms with Crippen LogP contribution in [-0.2, 0) is 67.1 Å². The number of rotatable bonds is 41. The van der Waals surface area contributed by atoms with Crippen molar-refractivity contribution < 1.29 is 87.0 Å². The first-order valence-electron chi connectivity index (χ1n) is 40.7. The van der Waals surface area contributed by atoms with Gasteiger partial charge in [0.05, 0.1) is 41.6 Å². The zero-order valence-corrected chi connectivity index (χ0v) is 77.8. The maximum absolute atomic E-state index is 13.1. The highest BCUT2D eigenvalue weighted by Crippen LogP contribution is 2.34. The first-order valence-corrected chi connectivity index (χ1v) is 50.8. The number of halogens is 2. The Hall–Kier alpha value is -5.54. The number of benzene rings is 5. The predicted molar refractivity (Wildman–Crippen MR) is 484 cm³/mol. The molecule has 29 heteroatoms. The third-order valence-corrected chi connectivity index (χ3v) is 23.3. The quantitative estimate of drug-likeness (QED) is 0.0102. The van der Waals surface area contributed by atoms with Crippen LogP contribution in [0.3, 0.4) is 0 Å². The molecule has 0 aliphatic heterocycles. The van der Waals surface area contributed by atoms with Crippen molar-refractivity contribution >= 4 is 72.3 Å². The number of nitrogens with one attached hydrogen (secondary N) is 2. The van der Waals surface area contributed by atoms with Gasteiger partial charge in [0.2, 0.25) is 0 Å². The van der Waals surface area contributed by atoms with E-state index in [-0.39, 0.29) is 85.7 Å². The highest BCUT2D eigenvalue weighted by molar-refractivity contribution is 7.87. The van der Waals surface area contributed by atoms with Crippen LogP contribution in [0.25, 0.3) is 0 Å². The maximum atomic E-state index is 13.1. The Morgan fingerprint density at radius 3 is 1.03 bits per heavy atom. The lowest BCUT2D eigenvalue weighted by molar-refractivity contribution is 0.414. The van der Waals surface area contributed by atoms with E-state index in [9.17, 15) is 54.9 Å². The van der Waals surface area contributed by atoms with Crippen LogP contribution >= 0.6 is 11.6 Å². The van der Waals surface area contributed by atoms with E-state index in [1.54, 1.807) is 19.2 Å². The Labute approximate surface area is 715 Å². The second-order valence-electron chi connectivity index (χ2n) is 34.2. The van der Waals surface area contributed by atoms with Crippen LogP contribution in [0.15, 0.2) is 176 Å². The van der Waals surface area contributed by atoms with Crippen molar-refractivity contribution in [2.24, 2.45) is 21.7 Å². The fourth-order valence-electron chi connectivity index (χ4n) is 12.0. The smallest absolute Gasteiger partial charge is 0.264 e. The molecule has 1 aliphatic rings. The number of allylic oxidation sites excluding steroid dienone is 8. The van der Waals surface area contributed by atoms with Crippen molar-refractivity contribution in [3.05, 3.63) is 220 Å². The third-order valence-electron chi connectivity index (χ3n) is 18.2. The van der Waals surface area contributed by atoms with Crippen LogP contribution in [0.4, 0.5) is 4.39 Å². The van der Waals surface area contributed by atoms with Crippen LogP contribution in [0.2, 0.25) is 5.02 Å². The normalized spacial score (nSPS) is 14.9. The lowest BCUT2D eigenvalue weighted by Gasteiger charge is -2.26. The van der Waals surface area contributed by atoms with E-state index in [1.165, 1.54) is 40.8 Å². The summed E-state index contributed by atoms with van der Waals surface area (Å²) in [6, 6.07) is 41.2. The Morgan fingerprint density at radius 2 is 0.703 bits per heavy atom. The highest BCUT2D eigenvalue weighted by Gasteiger charge is 2.21. The molecule has 0 heterocycles. The van der Waals surface area contributed by atoms with Crippen LogP contribution in [0.1, 0.15) is 269 Å². The summed E-state index contributed by atoms with van der Waals surface area (Å²) in [7, 11) is -21.4. The lowest BCUT2D eigenvalue weighted by atomic mass is 9.88. The van der Waals surface area contributed by atoms with Crippen molar-refractivity contribution in [1.82, 2.24) is 10.6 Å². The number of aryl methyl sites for hydroxylation is 1. The maximum Gasteiger partial charge on any atom is 0.264 e. The summed E-state index contributed by atoms with van der Waals surface area (Å²) in [6.45, 7) is 30.1. The fourth-order valence-corrected chi connectivity index (χ4v) is 15.6. The van der Waals surface area contributed by atoms with Gasteiger partial charge in [-0.1, -0.05) is 267 Å². The van der Waals surface area contributed by atoms with E-state index >= 15 is 0 Å². The van der Waals surface area contributed by atoms with E-state index in [0.717, 1.165) is 107 Å². The number of unbranched alkanes of at least 4 members (excludes halogenated alkanes) is 6. The molecular formula is C89H140ClFN2O19S6. The molecule has 0 radical (unpaired) electrons. The molecule has 0 spiro atoms. The van der Waals surface area contributed by atoms with Crippen LogP contribution in [0.5, 0.6) is 5.75 Å². The van der Waals surface area contributed by atoms with Gasteiger partial charge in [0.15, 0.2) is 0 Å². The second kappa shape index (κ2) is 55.6. The summed E-state index contributed by atoms with van der Waals surface area (Å²) in [4.78, 5) is 0. The van der Waals surface area contributed by atoms with Crippen molar-refractivity contribution in [3.8, 4) is 5.75 Å². The SMILES string of the molecule is CC(C)(C)/C=C/[C@@H](CCCCS(=O)(=O)O)c1ccc(Cl)cc1.CC(C)(C)/C=C/[C@@H](CCCCS(=O)(=O)O)c1ccc(F)cc1.CC(C)(C)/C=C/[C@@H](CCCCS(=O)(=O)O)c1ccccc1.CCNCCCCS(=O)(=O)O.COc1ccc([C@@H](/C=C/C(C)(C)C)CCCCS(=O)(=O)O)cc1.O=S(=O)(O)CCCCNC1CCCc2ccccc21. The molecule has 8 N–H and O–H groups in total. The van der Waals surface area contributed by atoms with Crippen molar-refractivity contribution in [2.75, 3.05) is 61.3 Å². The molecule has 5 aromatic carbocycles. The lowest BCUT2D eigenvalue weighted by Crippen LogP contribution is -2.26. The molecule has 0 amide bonds. The van der Waals surface area contributed by atoms with Crippen molar-refractivity contribution in [1.29, 1.82) is 0 Å². The molecule has 6 rings (SSSR count). The number of hydrogen-bond acceptors (Lipinski definition) is 15. The molecule has 5 atom stereocenters. The van der Waals surface area contributed by atoms with Gasteiger partial charge in [0.25, 0.3) is 60.7 Å². The zero-order valence-electron chi connectivity index (χ0n) is 72.1. The Balaban J connectivity index is 0.000000715. The van der Waals surface area contributed by atoms with Crippen molar-refractivity contribution in [2.45, 2.75) is 242 Å². The van der Waals surface area contributed by atoms with Crippen molar-refractivity contribution in [3.63, 3.8) is 0 Å². The van der Waals surface area contributed by atoms with Crippen LogP contribution in [0, 0.1) is 27.5 Å². The Morgan fingerprint density at radius 1 is 0.407 bits per heavy atom. The molecule has 21 nitrogen and oxygen atoms in total. The first-order chi connectivity index (χ1) is 54.5. The topological polar surface area (TPSA) is 360 Å². The summed E-state index contributed by atoms with van der Waals surface area (Å²) in [5.74, 6) is 0.395. The van der Waals surface area contributed by atoms with Gasteiger partial charge in [-0.05, 0) is 207 Å². The largest absolute Gasteiger partial charge is 0.497 e. The molecule has 670 valence electrons. The number of ether oxygens (including phenoxy) is 1. The molecule has 0 bridgehead atoms. The molecule has 118 heavy (non-hydrogen) atoms. The van der Waals surface area contributed by atoms with Gasteiger partial charge in [-0.2, -0.15) is 50.5 Å². The van der Waals surface area contributed by atoms with Gasteiger partial charge < -0.3 is 15.4 Å². The summed E-state index contributed by atoms with van der Waals surface area (Å²) >= 11 is 5.93. The first kappa shape index (κ1) is 110. The van der Waals surface area contributed by atoms with Gasteiger partial charge >= 0.3 is 0 Å². The Kier molecular flexibility index (Phi) is 52.0. The minimum atomic E-state index is -3.90. The van der Waals surface area contributed by atoms with Gasteiger partial charge in [0.1, 0.15) is 11.6 Å². The number of methoxy groups -OCH3 is 1. The molecule has 5 aromatic rings. The van der Waals surface area contributed by atoms with Gasteiger partial charge in [-0.15, -0.1) is 0 Å². The van der Waals surface area contributed by atoms with E-state index in [4.69, 9.17) is 43.7 Å². The molecule has 0 aromatic heterocycles. The fraction of sp³-hybridized carbons (Fsp3) is 0.573. The average Bonchev–Trinajstić information content (AvgIpc) is 0.833. The summed E-state index contributed by atoms with van der Waals surface area (Å²) in [5, 5.41) is 7.25. The molecular weight excluding hydrogens is 1650 g/mol. The highest BCUT2D eigenvalue weighted by atomic mass is 35.5. The third kappa shape index (κ3) is 63.4. The molecule has 0 fully saturated rings. The number of hydrogen-bond donors (Lipinski definition) is 8. The number of fused-ring (bicyclic) bond motifs is 1. The Bertz CT molecular complexity index is 4340. The summed E-state index contributed by atoms with van der Waals surface area (Å²) in [5.41, 5.74) is 7.76. The minimum Gasteiger partial charge on any atom is -0.497 e. The standard InChI is InChI=1S/C18H28O4S.C17H25ClO3S.C17H25FO3S.C17H26O3S.C14H21NO3S.C6H15NO3S/c1-18(2,3)13-12-15(7-5-6-14-23(19,20)21)16-8-10-17(22-4)11-9-16;2*1-17(2,3)12-11-14(6-4-5-13-22(19,20)21)15-7-9-16(18)10-8-15;1-17(2,3)13-12-16(15-9-5-4-6-10-15)11-7-8-14-21(18,19)20;16-19(17,18)11-4-3-10-15-14-9-5-7-12-6-1-2-8-13(12)14;1-2-7-5-3-4-6-11(8,9)10/h8-13,15H,5-7,14H2,1-4H3,(H,19,20,21);2*7-12,14H,4-6,13H2,1-3H3,(H,19,20,21);4-6,9-10,12-13,16H,7-8,11,14H2,1-3H3,(H,18,19,20);1-2,6,8,14-15H,3-5,7,9-11H2,(H,16,17,18);7H,2-6H2,1H3,(H,8,9,10)/b13-12+;2*12-11+;13-12+;;/t15-;2*14-;16-;;/m1111../s1. The monoisotopic (exact) mass is 1790 g/mol. The molecule has 0 saturated heterocycles. The van der Waals surface area contributed by atoms with E-state index in [1.807, 2.05) is 73.7 Å². The minimum absolute atomic E-state index is 0.0483. The van der Waals surface area contributed by atoms with Crippen LogP contribution < -0.4 is 15.4 Å². The molecule has 1 unspecified atom stereocenters. The summed E-state index contributed by atoms with van der Waals surface area (Å²) < 4.78 is 198. The van der Waals surface area contributed by atoms with Gasteiger partial charge in [-0.25, -0.2) is 4.39 Å². The predicted octanol–water partition coefficient (Wildman–Crippen LogP) is 21.1. The van der Waals surface area contributed by atoms with E-state index < -0.39 is 60.7 Å². The van der Waals surface area contributed by atoms with E-state index in [2.05, 4.69) is 179 Å². The van der Waals surface area contributed by atoms with Gasteiger partial charge in [-0.3, -0.25) is 27.3 Å². The zero-order chi connectivity index (χ0) is 89.5. The summed E-state index contributed by atoms with van der Waals surface area (Å²) in [6.07, 6.45) is 31.5.